The molecule has 0 amide bonds. The van der Waals surface area contributed by atoms with Crippen molar-refractivity contribution in [1.29, 1.82) is 0 Å². The number of carbonyl (C=O) groups is 1. The standard InChI is InChI=1S/C6H12O3Si/c1-5(7)9-10-4-6-2-8-3-6/h6H,2-4,10H2,1H3. The first-order valence-electron chi connectivity index (χ1n) is 3.50. The summed E-state index contributed by atoms with van der Waals surface area (Å²) in [5, 5.41) is 0. The van der Waals surface area contributed by atoms with E-state index in [1.165, 1.54) is 6.92 Å². The van der Waals surface area contributed by atoms with Gasteiger partial charge in [-0.05, 0) is 6.04 Å². The maximum Gasteiger partial charge on any atom is 0.288 e. The summed E-state index contributed by atoms with van der Waals surface area (Å²) >= 11 is 0. The number of hydrogen-bond donors (Lipinski definition) is 0. The smallest absolute Gasteiger partial charge is 0.288 e. The second-order valence-corrected chi connectivity index (χ2v) is 3.81. The molecular weight excluding hydrogens is 148 g/mol. The van der Waals surface area contributed by atoms with Gasteiger partial charge >= 0.3 is 0 Å². The molecule has 0 unspecified atom stereocenters. The summed E-state index contributed by atoms with van der Waals surface area (Å²) in [5.41, 5.74) is 0. The van der Waals surface area contributed by atoms with Crippen molar-refractivity contribution in [3.63, 3.8) is 0 Å². The van der Waals surface area contributed by atoms with Crippen molar-refractivity contribution in [2.45, 2.75) is 13.0 Å². The predicted octanol–water partition coefficient (Wildman–Crippen LogP) is -0.302. The molecular formula is C6H12O3Si. The number of carbonyl (C=O) groups excluding carboxylic acids is 1. The topological polar surface area (TPSA) is 35.5 Å². The molecule has 3 nitrogen and oxygen atoms in total. The molecule has 0 spiro atoms. The van der Waals surface area contributed by atoms with Crippen molar-refractivity contribution in [3.8, 4) is 0 Å². The summed E-state index contributed by atoms with van der Waals surface area (Å²) in [7, 11) is -0.573. The van der Waals surface area contributed by atoms with Crippen LogP contribution in [0.4, 0.5) is 0 Å². The van der Waals surface area contributed by atoms with Crippen molar-refractivity contribution in [2.24, 2.45) is 5.92 Å². The van der Waals surface area contributed by atoms with E-state index in [2.05, 4.69) is 0 Å². The van der Waals surface area contributed by atoms with E-state index in [4.69, 9.17) is 9.16 Å². The first-order valence-corrected chi connectivity index (χ1v) is 5.08. The molecule has 1 aliphatic rings. The minimum Gasteiger partial charge on any atom is -0.525 e. The number of ether oxygens (including phenoxy) is 1. The average Bonchev–Trinajstić information content (AvgIpc) is 1.75. The Morgan fingerprint density at radius 1 is 1.80 bits per heavy atom. The molecule has 58 valence electrons. The second kappa shape index (κ2) is 3.73. The lowest BCUT2D eigenvalue weighted by atomic mass is 10.1. The van der Waals surface area contributed by atoms with Crippen molar-refractivity contribution in [1.82, 2.24) is 0 Å². The van der Waals surface area contributed by atoms with Gasteiger partial charge in [0.15, 0.2) is 0 Å². The molecule has 0 aromatic rings. The summed E-state index contributed by atoms with van der Waals surface area (Å²) in [6.45, 7) is 3.20. The molecule has 0 saturated carbocycles. The van der Waals surface area contributed by atoms with Gasteiger partial charge in [-0.15, -0.1) is 0 Å². The van der Waals surface area contributed by atoms with Crippen molar-refractivity contribution < 1.29 is 14.0 Å². The van der Waals surface area contributed by atoms with E-state index in [-0.39, 0.29) is 5.97 Å². The number of rotatable bonds is 3. The second-order valence-electron chi connectivity index (χ2n) is 2.53. The van der Waals surface area contributed by atoms with Crippen LogP contribution in [0.3, 0.4) is 0 Å². The summed E-state index contributed by atoms with van der Waals surface area (Å²) in [6, 6.07) is 1.08. The van der Waals surface area contributed by atoms with Crippen LogP contribution in [0.25, 0.3) is 0 Å². The Labute approximate surface area is 62.6 Å². The van der Waals surface area contributed by atoms with Crippen molar-refractivity contribution >= 4 is 15.7 Å². The zero-order valence-electron chi connectivity index (χ0n) is 6.13. The Morgan fingerprint density at radius 2 is 2.50 bits per heavy atom. The van der Waals surface area contributed by atoms with E-state index >= 15 is 0 Å². The van der Waals surface area contributed by atoms with Crippen LogP contribution < -0.4 is 0 Å². The minimum atomic E-state index is -0.573. The van der Waals surface area contributed by atoms with Crippen LogP contribution in [0.1, 0.15) is 6.92 Å². The summed E-state index contributed by atoms with van der Waals surface area (Å²) in [5.74, 6) is 0.554. The predicted molar refractivity (Wildman–Crippen MR) is 39.4 cm³/mol. The zero-order valence-corrected chi connectivity index (χ0v) is 7.54. The van der Waals surface area contributed by atoms with E-state index in [0.29, 0.717) is 5.92 Å². The Kier molecular flexibility index (Phi) is 2.89. The average molecular weight is 160 g/mol. The molecule has 0 aromatic carbocycles. The van der Waals surface area contributed by atoms with E-state index in [1.807, 2.05) is 0 Å². The Balaban J connectivity index is 1.89. The highest BCUT2D eigenvalue weighted by Crippen LogP contribution is 2.13. The molecule has 0 N–H and O–H groups in total. The number of hydrogen-bond acceptors (Lipinski definition) is 3. The minimum absolute atomic E-state index is 0.132. The summed E-state index contributed by atoms with van der Waals surface area (Å²) in [4.78, 5) is 10.3. The highest BCUT2D eigenvalue weighted by atomic mass is 28.2. The van der Waals surface area contributed by atoms with Gasteiger partial charge in [0, 0.05) is 12.8 Å². The molecule has 1 aliphatic heterocycles. The molecule has 0 aliphatic carbocycles. The van der Waals surface area contributed by atoms with Gasteiger partial charge in [0.1, 0.15) is 0 Å². The maximum atomic E-state index is 10.3. The van der Waals surface area contributed by atoms with Gasteiger partial charge in [0.2, 0.25) is 9.76 Å². The third-order valence-electron chi connectivity index (χ3n) is 1.54. The molecule has 1 fully saturated rings. The third kappa shape index (κ3) is 2.49. The van der Waals surface area contributed by atoms with Gasteiger partial charge in [-0.2, -0.15) is 0 Å². The largest absolute Gasteiger partial charge is 0.525 e. The van der Waals surface area contributed by atoms with Crippen molar-refractivity contribution in [2.75, 3.05) is 13.2 Å². The fourth-order valence-electron chi connectivity index (χ4n) is 0.821. The van der Waals surface area contributed by atoms with Crippen LogP contribution in [0.2, 0.25) is 6.04 Å². The normalized spacial score (nSPS) is 19.3. The summed E-state index contributed by atoms with van der Waals surface area (Å²) < 4.78 is 9.87. The van der Waals surface area contributed by atoms with Gasteiger partial charge in [0.25, 0.3) is 5.97 Å². The lowest BCUT2D eigenvalue weighted by molar-refractivity contribution is -0.132. The lowest BCUT2D eigenvalue weighted by Crippen LogP contribution is -2.28. The summed E-state index contributed by atoms with van der Waals surface area (Å²) in [6.07, 6.45) is 0. The highest BCUT2D eigenvalue weighted by molar-refractivity contribution is 6.30. The molecule has 0 bridgehead atoms. The van der Waals surface area contributed by atoms with Crippen LogP contribution in [-0.2, 0) is 14.0 Å². The van der Waals surface area contributed by atoms with Crippen LogP contribution in [-0.4, -0.2) is 28.9 Å². The van der Waals surface area contributed by atoms with Crippen LogP contribution >= 0.6 is 0 Å². The van der Waals surface area contributed by atoms with Gasteiger partial charge < -0.3 is 9.16 Å². The van der Waals surface area contributed by atoms with Crippen LogP contribution in [0.5, 0.6) is 0 Å². The SMILES string of the molecule is CC(=O)O[SiH2]CC1COC1. The van der Waals surface area contributed by atoms with E-state index in [9.17, 15) is 4.79 Å². The zero-order chi connectivity index (χ0) is 7.40. The highest BCUT2D eigenvalue weighted by Gasteiger charge is 2.18. The van der Waals surface area contributed by atoms with E-state index in [0.717, 1.165) is 19.3 Å². The first kappa shape index (κ1) is 7.75. The van der Waals surface area contributed by atoms with Gasteiger partial charge in [0.05, 0.1) is 13.2 Å². The quantitative estimate of drug-likeness (QED) is 0.532. The molecule has 1 heterocycles. The monoisotopic (exact) mass is 160 g/mol. The van der Waals surface area contributed by atoms with Gasteiger partial charge in [-0.3, -0.25) is 4.79 Å². The molecule has 1 rings (SSSR count). The Morgan fingerprint density at radius 3 is 2.90 bits per heavy atom. The van der Waals surface area contributed by atoms with Gasteiger partial charge in [-0.1, -0.05) is 0 Å². The van der Waals surface area contributed by atoms with Crippen molar-refractivity contribution in [3.05, 3.63) is 0 Å². The fourth-order valence-corrected chi connectivity index (χ4v) is 1.89. The fraction of sp³-hybridized carbons (Fsp3) is 0.833. The molecule has 4 heteroatoms. The van der Waals surface area contributed by atoms with Gasteiger partial charge in [-0.25, -0.2) is 0 Å². The molecule has 0 aromatic heterocycles. The molecule has 0 atom stereocenters. The van der Waals surface area contributed by atoms with Crippen LogP contribution in [0.15, 0.2) is 0 Å². The van der Waals surface area contributed by atoms with E-state index < -0.39 is 9.76 Å². The third-order valence-corrected chi connectivity index (χ3v) is 3.20. The Bertz CT molecular complexity index is 122. The van der Waals surface area contributed by atoms with Crippen LogP contribution in [0, 0.1) is 5.92 Å². The van der Waals surface area contributed by atoms with E-state index in [1.54, 1.807) is 0 Å². The first-order chi connectivity index (χ1) is 4.79. The molecule has 0 radical (unpaired) electrons. The Hall–Kier alpha value is -0.353. The molecule has 10 heavy (non-hydrogen) atoms. The maximum absolute atomic E-state index is 10.3. The lowest BCUT2D eigenvalue weighted by Gasteiger charge is -2.25. The molecule has 1 saturated heterocycles.